The summed E-state index contributed by atoms with van der Waals surface area (Å²) in [7, 11) is 0. The molecule has 1 N–H and O–H groups in total. The summed E-state index contributed by atoms with van der Waals surface area (Å²) in [6, 6.07) is 5.91. The zero-order valence-corrected chi connectivity index (χ0v) is 16.3. The largest absolute Gasteiger partial charge is 0.454 e. The van der Waals surface area contributed by atoms with Crippen molar-refractivity contribution in [3.63, 3.8) is 0 Å². The molecule has 2 fully saturated rings. The van der Waals surface area contributed by atoms with Crippen molar-refractivity contribution in [2.45, 2.75) is 32.1 Å². The van der Waals surface area contributed by atoms with Crippen LogP contribution in [0.5, 0.6) is 11.5 Å². The Labute approximate surface area is 169 Å². The average molecular weight is 392 g/mol. The van der Waals surface area contributed by atoms with Crippen molar-refractivity contribution in [3.8, 4) is 11.5 Å². The van der Waals surface area contributed by atoms with Crippen molar-refractivity contribution < 1.29 is 14.3 Å². The lowest BCUT2D eigenvalue weighted by Crippen LogP contribution is -2.40. The third-order valence-electron chi connectivity index (χ3n) is 6.61. The zero-order valence-electron chi connectivity index (χ0n) is 16.3. The molecule has 2 atom stereocenters. The van der Waals surface area contributed by atoms with Gasteiger partial charge in [-0.25, -0.2) is 9.97 Å². The minimum absolute atomic E-state index is 0.0816. The molecule has 150 valence electrons. The van der Waals surface area contributed by atoms with Gasteiger partial charge in [-0.1, -0.05) is 6.07 Å². The van der Waals surface area contributed by atoms with E-state index in [4.69, 9.17) is 14.5 Å². The molecular weight excluding hydrogens is 368 g/mol. The van der Waals surface area contributed by atoms with E-state index in [0.29, 0.717) is 24.5 Å². The van der Waals surface area contributed by atoms with Crippen LogP contribution in [-0.4, -0.2) is 42.3 Å². The van der Waals surface area contributed by atoms with Gasteiger partial charge >= 0.3 is 0 Å². The molecule has 4 aliphatic rings. The van der Waals surface area contributed by atoms with E-state index < -0.39 is 0 Å². The van der Waals surface area contributed by atoms with Gasteiger partial charge in [0.2, 0.25) is 6.79 Å². The molecule has 1 aromatic heterocycles. The van der Waals surface area contributed by atoms with E-state index in [1.807, 2.05) is 18.2 Å². The SMILES string of the molecule is O=C1NCCc2c1nc(Cc1ccc3c(c1)OCO3)nc2N1C[C@@H]2CC[C@@H](C2)C1. The molecular formula is C22H24N4O3. The number of anilines is 1. The Hall–Kier alpha value is -2.83. The van der Waals surface area contributed by atoms with Crippen LogP contribution in [0.15, 0.2) is 18.2 Å². The molecule has 3 aliphatic heterocycles. The van der Waals surface area contributed by atoms with Crippen LogP contribution in [0.4, 0.5) is 5.82 Å². The van der Waals surface area contributed by atoms with Crippen LogP contribution in [0.3, 0.4) is 0 Å². The second-order valence-electron chi connectivity index (χ2n) is 8.61. The Bertz CT molecular complexity index is 980. The van der Waals surface area contributed by atoms with Crippen molar-refractivity contribution in [1.82, 2.24) is 15.3 Å². The Morgan fingerprint density at radius 2 is 1.93 bits per heavy atom. The summed E-state index contributed by atoms with van der Waals surface area (Å²) in [5, 5.41) is 2.94. The van der Waals surface area contributed by atoms with Gasteiger partial charge in [0.1, 0.15) is 17.3 Å². The predicted molar refractivity (Wildman–Crippen MR) is 106 cm³/mol. The first-order chi connectivity index (χ1) is 14.2. The van der Waals surface area contributed by atoms with Crippen molar-refractivity contribution in [2.24, 2.45) is 11.8 Å². The van der Waals surface area contributed by atoms with Gasteiger partial charge in [0.25, 0.3) is 5.91 Å². The summed E-state index contributed by atoms with van der Waals surface area (Å²) in [6.45, 7) is 3.01. The maximum atomic E-state index is 12.6. The molecule has 1 aliphatic carbocycles. The number of amides is 1. The van der Waals surface area contributed by atoms with Crippen molar-refractivity contribution in [2.75, 3.05) is 31.3 Å². The lowest BCUT2D eigenvalue weighted by Gasteiger charge is -2.35. The monoisotopic (exact) mass is 392 g/mol. The fraction of sp³-hybridized carbons (Fsp3) is 0.500. The van der Waals surface area contributed by atoms with E-state index in [0.717, 1.165) is 59.8 Å². The molecule has 1 saturated heterocycles. The Morgan fingerprint density at radius 1 is 1.10 bits per heavy atom. The fourth-order valence-electron chi connectivity index (χ4n) is 5.28. The maximum absolute atomic E-state index is 12.6. The van der Waals surface area contributed by atoms with Gasteiger partial charge in [0.15, 0.2) is 11.5 Å². The number of aromatic nitrogens is 2. The van der Waals surface area contributed by atoms with Crippen LogP contribution >= 0.6 is 0 Å². The number of ether oxygens (including phenoxy) is 2. The first-order valence-corrected chi connectivity index (χ1v) is 10.5. The van der Waals surface area contributed by atoms with Gasteiger partial charge in [0, 0.05) is 31.6 Å². The highest BCUT2D eigenvalue weighted by atomic mass is 16.7. The van der Waals surface area contributed by atoms with Crippen molar-refractivity contribution >= 4 is 11.7 Å². The molecule has 0 radical (unpaired) electrons. The lowest BCUT2D eigenvalue weighted by atomic mass is 9.97. The maximum Gasteiger partial charge on any atom is 0.270 e. The number of hydrogen-bond donors (Lipinski definition) is 1. The van der Waals surface area contributed by atoms with Crippen LogP contribution in [0, 0.1) is 11.8 Å². The molecule has 4 heterocycles. The van der Waals surface area contributed by atoms with E-state index in [1.54, 1.807) is 0 Å². The van der Waals surface area contributed by atoms with Gasteiger partial charge in [-0.05, 0) is 55.2 Å². The lowest BCUT2D eigenvalue weighted by molar-refractivity contribution is 0.0940. The summed E-state index contributed by atoms with van der Waals surface area (Å²) < 4.78 is 10.9. The van der Waals surface area contributed by atoms with Crippen LogP contribution in [0.2, 0.25) is 0 Å². The summed E-state index contributed by atoms with van der Waals surface area (Å²) in [6.07, 6.45) is 5.34. The number of carbonyl (C=O) groups excluding carboxylic acids is 1. The second-order valence-corrected chi connectivity index (χ2v) is 8.61. The molecule has 0 spiro atoms. The van der Waals surface area contributed by atoms with Gasteiger partial charge in [-0.3, -0.25) is 4.79 Å². The second kappa shape index (κ2) is 6.61. The summed E-state index contributed by atoms with van der Waals surface area (Å²) in [5.74, 6) is 4.63. The fourth-order valence-corrected chi connectivity index (χ4v) is 5.28. The number of fused-ring (bicyclic) bond motifs is 4. The molecule has 6 rings (SSSR count). The van der Waals surface area contributed by atoms with Gasteiger partial charge in [-0.15, -0.1) is 0 Å². The van der Waals surface area contributed by atoms with Crippen LogP contribution in [0.25, 0.3) is 0 Å². The number of hydrogen-bond acceptors (Lipinski definition) is 6. The third kappa shape index (κ3) is 2.99. The van der Waals surface area contributed by atoms with Crippen molar-refractivity contribution in [3.05, 3.63) is 40.8 Å². The topological polar surface area (TPSA) is 76.6 Å². The molecule has 1 amide bonds. The minimum Gasteiger partial charge on any atom is -0.454 e. The molecule has 2 bridgehead atoms. The molecule has 2 aromatic rings. The number of piperidine rings is 1. The number of benzene rings is 1. The normalized spacial score (nSPS) is 24.4. The smallest absolute Gasteiger partial charge is 0.270 e. The van der Waals surface area contributed by atoms with E-state index >= 15 is 0 Å². The van der Waals surface area contributed by atoms with Crippen LogP contribution in [0.1, 0.15) is 46.7 Å². The summed E-state index contributed by atoms with van der Waals surface area (Å²) in [4.78, 5) is 24.7. The van der Waals surface area contributed by atoms with E-state index in [9.17, 15) is 4.79 Å². The molecule has 7 nitrogen and oxygen atoms in total. The molecule has 1 saturated carbocycles. The number of nitrogens with zero attached hydrogens (tertiary/aromatic N) is 3. The number of carbonyl (C=O) groups is 1. The first kappa shape index (κ1) is 17.1. The Balaban J connectivity index is 1.38. The molecule has 1 aromatic carbocycles. The molecule has 7 heteroatoms. The van der Waals surface area contributed by atoms with Gasteiger partial charge in [-0.2, -0.15) is 0 Å². The molecule has 0 unspecified atom stereocenters. The highest BCUT2D eigenvalue weighted by Crippen LogP contribution is 2.39. The zero-order chi connectivity index (χ0) is 19.4. The van der Waals surface area contributed by atoms with E-state index in [-0.39, 0.29) is 12.7 Å². The van der Waals surface area contributed by atoms with E-state index in [2.05, 4.69) is 15.2 Å². The highest BCUT2D eigenvalue weighted by Gasteiger charge is 2.35. The standard InChI is InChI=1S/C22H24N4O3/c27-22-20-16(5-6-23-22)21(26-10-14-1-2-15(7-14)11-26)25-19(24-20)9-13-3-4-17-18(8-13)29-12-28-17/h3-4,8,14-15H,1-2,5-7,9-12H2,(H,23,27)/t14-,15+. The van der Waals surface area contributed by atoms with Crippen LogP contribution < -0.4 is 19.7 Å². The van der Waals surface area contributed by atoms with Crippen LogP contribution in [-0.2, 0) is 12.8 Å². The van der Waals surface area contributed by atoms with Gasteiger partial charge in [0.05, 0.1) is 0 Å². The summed E-state index contributed by atoms with van der Waals surface area (Å²) in [5.41, 5.74) is 2.62. The summed E-state index contributed by atoms with van der Waals surface area (Å²) >= 11 is 0. The number of rotatable bonds is 3. The minimum atomic E-state index is -0.0816. The highest BCUT2D eigenvalue weighted by molar-refractivity contribution is 5.96. The quantitative estimate of drug-likeness (QED) is 0.864. The molecule has 29 heavy (non-hydrogen) atoms. The van der Waals surface area contributed by atoms with E-state index in [1.165, 1.54) is 19.3 Å². The Morgan fingerprint density at radius 3 is 2.79 bits per heavy atom. The first-order valence-electron chi connectivity index (χ1n) is 10.5. The third-order valence-corrected chi connectivity index (χ3v) is 6.61. The number of nitrogens with one attached hydrogen (secondary N) is 1. The average Bonchev–Trinajstić information content (AvgIpc) is 3.33. The van der Waals surface area contributed by atoms with Gasteiger partial charge < -0.3 is 19.7 Å². The predicted octanol–water partition coefficient (Wildman–Crippen LogP) is 2.32. The van der Waals surface area contributed by atoms with Crippen molar-refractivity contribution in [1.29, 1.82) is 0 Å². The Kier molecular flexibility index (Phi) is 3.89.